The third-order valence-electron chi connectivity index (χ3n) is 4.54. The van der Waals surface area contributed by atoms with Crippen molar-refractivity contribution in [3.8, 4) is 0 Å². The monoisotopic (exact) mass is 476 g/mol. The predicted molar refractivity (Wildman–Crippen MR) is 121 cm³/mol. The van der Waals surface area contributed by atoms with Gasteiger partial charge in [0.15, 0.2) is 5.96 Å². The second kappa shape index (κ2) is 12.8. The lowest BCUT2D eigenvalue weighted by Gasteiger charge is -2.29. The number of piperidine rings is 1. The van der Waals surface area contributed by atoms with Gasteiger partial charge in [0, 0.05) is 30.3 Å². The highest BCUT2D eigenvalue weighted by molar-refractivity contribution is 14.0. The Hall–Kier alpha value is -0.470. The third-order valence-corrected chi connectivity index (χ3v) is 5.66. The van der Waals surface area contributed by atoms with Crippen molar-refractivity contribution < 1.29 is 0 Å². The first-order chi connectivity index (χ1) is 11.7. The molecule has 6 heteroatoms. The van der Waals surface area contributed by atoms with E-state index in [0.717, 1.165) is 25.0 Å². The molecular formula is C19H33IN4S. The van der Waals surface area contributed by atoms with Crippen molar-refractivity contribution in [2.45, 2.75) is 36.3 Å². The molecule has 1 aliphatic rings. The van der Waals surface area contributed by atoms with Gasteiger partial charge in [-0.05, 0) is 57.5 Å². The highest BCUT2D eigenvalue weighted by Crippen LogP contribution is 2.22. The first-order valence-corrected chi connectivity index (χ1v) is 9.90. The Morgan fingerprint density at radius 1 is 1.24 bits per heavy atom. The molecule has 1 aromatic rings. The summed E-state index contributed by atoms with van der Waals surface area (Å²) in [5.74, 6) is 1.78. The van der Waals surface area contributed by atoms with Crippen LogP contribution in [0.3, 0.4) is 0 Å². The van der Waals surface area contributed by atoms with E-state index in [1.807, 2.05) is 18.8 Å². The lowest BCUT2D eigenvalue weighted by Crippen LogP contribution is -2.41. The van der Waals surface area contributed by atoms with Gasteiger partial charge in [-0.25, -0.2) is 0 Å². The van der Waals surface area contributed by atoms with Crippen LogP contribution >= 0.6 is 35.7 Å². The van der Waals surface area contributed by atoms with Crippen molar-refractivity contribution in [3.05, 3.63) is 30.3 Å². The van der Waals surface area contributed by atoms with Crippen molar-refractivity contribution in [3.63, 3.8) is 0 Å². The molecule has 1 saturated heterocycles. The zero-order valence-corrected chi connectivity index (χ0v) is 18.8. The van der Waals surface area contributed by atoms with E-state index in [-0.39, 0.29) is 24.0 Å². The minimum Gasteiger partial charge on any atom is -0.356 e. The maximum Gasteiger partial charge on any atom is 0.191 e. The summed E-state index contributed by atoms with van der Waals surface area (Å²) < 4.78 is 0. The normalized spacial score (nSPS) is 17.6. The number of likely N-dealkylation sites (tertiary alicyclic amines) is 1. The molecule has 1 atom stereocenters. The van der Waals surface area contributed by atoms with Gasteiger partial charge < -0.3 is 15.5 Å². The summed E-state index contributed by atoms with van der Waals surface area (Å²) >= 11 is 1.89. The van der Waals surface area contributed by atoms with Crippen molar-refractivity contribution in [1.29, 1.82) is 0 Å². The summed E-state index contributed by atoms with van der Waals surface area (Å²) in [5.41, 5.74) is 0. The van der Waals surface area contributed by atoms with Gasteiger partial charge >= 0.3 is 0 Å². The molecule has 0 aromatic heterocycles. The first kappa shape index (κ1) is 22.6. The smallest absolute Gasteiger partial charge is 0.191 e. The number of halogens is 1. The summed E-state index contributed by atoms with van der Waals surface area (Å²) in [6.45, 7) is 6.65. The molecule has 25 heavy (non-hydrogen) atoms. The molecule has 0 spiro atoms. The van der Waals surface area contributed by atoms with E-state index in [2.05, 4.69) is 64.8 Å². The second-order valence-corrected chi connectivity index (χ2v) is 8.17. The quantitative estimate of drug-likeness (QED) is 0.273. The Bertz CT molecular complexity index is 489. The van der Waals surface area contributed by atoms with Crippen LogP contribution in [0.15, 0.2) is 40.2 Å². The number of hydrogen-bond acceptors (Lipinski definition) is 3. The molecule has 142 valence electrons. The number of hydrogen-bond donors (Lipinski definition) is 2. The average molecular weight is 476 g/mol. The number of rotatable bonds is 7. The molecule has 1 aliphatic heterocycles. The number of nitrogens with one attached hydrogen (secondary N) is 2. The van der Waals surface area contributed by atoms with Gasteiger partial charge in [0.2, 0.25) is 0 Å². The number of benzene rings is 1. The minimum atomic E-state index is 0. The van der Waals surface area contributed by atoms with Crippen LogP contribution < -0.4 is 10.6 Å². The van der Waals surface area contributed by atoms with Gasteiger partial charge in [0.25, 0.3) is 0 Å². The minimum absolute atomic E-state index is 0. The topological polar surface area (TPSA) is 39.7 Å². The highest BCUT2D eigenvalue weighted by atomic mass is 127. The Balaban J connectivity index is 0.00000312. The zero-order chi connectivity index (χ0) is 17.2. The molecule has 2 N–H and O–H groups in total. The van der Waals surface area contributed by atoms with E-state index in [9.17, 15) is 0 Å². The van der Waals surface area contributed by atoms with Crippen LogP contribution in [-0.4, -0.2) is 56.4 Å². The zero-order valence-electron chi connectivity index (χ0n) is 15.7. The number of aliphatic imine (C=N–C) groups is 1. The van der Waals surface area contributed by atoms with E-state index in [0.29, 0.717) is 5.25 Å². The maximum atomic E-state index is 4.34. The van der Waals surface area contributed by atoms with Crippen LogP contribution in [0.25, 0.3) is 0 Å². The fraction of sp³-hybridized carbons (Fsp3) is 0.632. The Labute approximate surface area is 174 Å². The maximum absolute atomic E-state index is 4.34. The van der Waals surface area contributed by atoms with E-state index in [1.165, 1.54) is 37.2 Å². The molecule has 0 radical (unpaired) electrons. The van der Waals surface area contributed by atoms with Gasteiger partial charge in [-0.15, -0.1) is 35.7 Å². The summed E-state index contributed by atoms with van der Waals surface area (Å²) in [4.78, 5) is 8.08. The SMILES string of the molecule is CN=C(NCCC1CCN(C)CC1)NCC(C)Sc1ccccc1.I. The van der Waals surface area contributed by atoms with Crippen LogP contribution in [0.2, 0.25) is 0 Å². The molecule has 1 unspecified atom stereocenters. The van der Waals surface area contributed by atoms with Crippen molar-refractivity contribution in [1.82, 2.24) is 15.5 Å². The molecule has 0 saturated carbocycles. The van der Waals surface area contributed by atoms with Gasteiger partial charge in [-0.2, -0.15) is 0 Å². The standard InChI is InChI=1S/C19H32N4S.HI/c1-16(24-18-7-5-4-6-8-18)15-22-19(20-2)21-12-9-17-10-13-23(3)14-11-17;/h4-8,16-17H,9-15H2,1-3H3,(H2,20,21,22);1H. The number of guanidine groups is 1. The third kappa shape index (κ3) is 9.15. The molecule has 4 nitrogen and oxygen atoms in total. The molecule has 2 rings (SSSR count). The van der Waals surface area contributed by atoms with Crippen LogP contribution in [-0.2, 0) is 0 Å². The summed E-state index contributed by atoms with van der Waals surface area (Å²) in [6.07, 6.45) is 3.90. The largest absolute Gasteiger partial charge is 0.356 e. The summed E-state index contributed by atoms with van der Waals surface area (Å²) in [6, 6.07) is 10.6. The van der Waals surface area contributed by atoms with Crippen LogP contribution in [0.5, 0.6) is 0 Å². The van der Waals surface area contributed by atoms with Crippen LogP contribution in [0.4, 0.5) is 0 Å². The lowest BCUT2D eigenvalue weighted by molar-refractivity contribution is 0.213. The van der Waals surface area contributed by atoms with Crippen molar-refractivity contribution in [2.75, 3.05) is 40.3 Å². The number of thioether (sulfide) groups is 1. The second-order valence-electron chi connectivity index (χ2n) is 6.66. The van der Waals surface area contributed by atoms with Crippen LogP contribution in [0.1, 0.15) is 26.2 Å². The van der Waals surface area contributed by atoms with E-state index in [1.54, 1.807) is 0 Å². The van der Waals surface area contributed by atoms with Crippen molar-refractivity contribution >= 4 is 41.7 Å². The average Bonchev–Trinajstić information content (AvgIpc) is 2.60. The van der Waals surface area contributed by atoms with E-state index in [4.69, 9.17) is 0 Å². The highest BCUT2D eigenvalue weighted by Gasteiger charge is 2.16. The van der Waals surface area contributed by atoms with Crippen LogP contribution in [0, 0.1) is 5.92 Å². The molecule has 0 aliphatic carbocycles. The summed E-state index contributed by atoms with van der Waals surface area (Å²) in [5, 5.41) is 7.41. The molecule has 0 bridgehead atoms. The van der Waals surface area contributed by atoms with Gasteiger partial charge in [0.1, 0.15) is 0 Å². The molecule has 0 amide bonds. The Kier molecular flexibility index (Phi) is 11.6. The Morgan fingerprint density at radius 2 is 1.92 bits per heavy atom. The summed E-state index contributed by atoms with van der Waals surface area (Å²) in [7, 11) is 4.06. The number of nitrogens with zero attached hydrogens (tertiary/aromatic N) is 2. The predicted octanol–water partition coefficient (Wildman–Crippen LogP) is 3.68. The van der Waals surface area contributed by atoms with E-state index >= 15 is 0 Å². The Morgan fingerprint density at radius 3 is 2.56 bits per heavy atom. The van der Waals surface area contributed by atoms with Gasteiger partial charge in [0.05, 0.1) is 0 Å². The van der Waals surface area contributed by atoms with Gasteiger partial charge in [-0.1, -0.05) is 25.1 Å². The lowest BCUT2D eigenvalue weighted by atomic mass is 9.94. The molecule has 1 fully saturated rings. The molecule has 1 aromatic carbocycles. The fourth-order valence-corrected chi connectivity index (χ4v) is 3.93. The van der Waals surface area contributed by atoms with E-state index < -0.39 is 0 Å². The molecular weight excluding hydrogens is 443 g/mol. The van der Waals surface area contributed by atoms with Crippen molar-refractivity contribution in [2.24, 2.45) is 10.9 Å². The first-order valence-electron chi connectivity index (χ1n) is 9.02. The fourth-order valence-electron chi connectivity index (χ4n) is 2.98. The molecule has 1 heterocycles. The van der Waals surface area contributed by atoms with Gasteiger partial charge in [-0.3, -0.25) is 4.99 Å².